The molecule has 6 heteroatoms. The molecule has 2 heterocycles. The maximum atomic E-state index is 11.8. The van der Waals surface area contributed by atoms with Crippen molar-refractivity contribution in [2.75, 3.05) is 26.7 Å². The summed E-state index contributed by atoms with van der Waals surface area (Å²) < 4.78 is 0. The molecule has 1 aromatic heterocycles. The largest absolute Gasteiger partial charge is 0.342 e. The zero-order chi connectivity index (χ0) is 11.5. The van der Waals surface area contributed by atoms with Gasteiger partial charge < -0.3 is 9.80 Å². The number of likely N-dealkylation sites (N-methyl/N-ethyl adjacent to an activating group) is 1. The van der Waals surface area contributed by atoms with Crippen LogP contribution in [0.15, 0.2) is 10.9 Å². The van der Waals surface area contributed by atoms with Crippen molar-refractivity contribution in [3.63, 3.8) is 0 Å². The average Bonchev–Trinajstić information content (AvgIpc) is 2.74. The Kier molecular flexibility index (Phi) is 3.19. The molecule has 2 amide bonds. The summed E-state index contributed by atoms with van der Waals surface area (Å²) in [4.78, 5) is 30.6. The Morgan fingerprint density at radius 1 is 1.56 bits per heavy atom. The lowest BCUT2D eigenvalue weighted by molar-refractivity contribution is -0.143. The maximum Gasteiger partial charge on any atom is 0.241 e. The molecule has 1 saturated heterocycles. The molecule has 0 bridgehead atoms. The molecule has 0 unspecified atom stereocenters. The highest BCUT2D eigenvalue weighted by atomic mass is 32.1. The predicted molar refractivity (Wildman–Crippen MR) is 60.0 cm³/mol. The Morgan fingerprint density at radius 3 is 3.00 bits per heavy atom. The Balaban J connectivity index is 1.93. The van der Waals surface area contributed by atoms with Crippen molar-refractivity contribution in [3.05, 3.63) is 16.6 Å². The Morgan fingerprint density at radius 2 is 2.38 bits per heavy atom. The first-order chi connectivity index (χ1) is 7.66. The van der Waals surface area contributed by atoms with Crippen LogP contribution in [0.2, 0.25) is 0 Å². The summed E-state index contributed by atoms with van der Waals surface area (Å²) in [5, 5.41) is 1.86. The minimum absolute atomic E-state index is 0.00196. The van der Waals surface area contributed by atoms with Gasteiger partial charge in [0.05, 0.1) is 24.2 Å². The summed E-state index contributed by atoms with van der Waals surface area (Å²) in [7, 11) is 1.75. The van der Waals surface area contributed by atoms with Crippen molar-refractivity contribution in [1.82, 2.24) is 14.8 Å². The number of amides is 2. The first-order valence-electron chi connectivity index (χ1n) is 5.05. The molecule has 0 spiro atoms. The lowest BCUT2D eigenvalue weighted by Gasteiger charge is -2.31. The van der Waals surface area contributed by atoms with Gasteiger partial charge in [-0.15, -0.1) is 11.3 Å². The summed E-state index contributed by atoms with van der Waals surface area (Å²) in [5.41, 5.74) is 2.49. The molecule has 1 aliphatic rings. The van der Waals surface area contributed by atoms with E-state index in [1.54, 1.807) is 22.4 Å². The average molecular weight is 239 g/mol. The fraction of sp³-hybridized carbons (Fsp3) is 0.500. The molecule has 1 aliphatic heterocycles. The van der Waals surface area contributed by atoms with Crippen LogP contribution in [0.1, 0.15) is 5.69 Å². The molecular formula is C10H13N3O2S. The SMILES string of the molecule is CN1CCN(C(=O)Cc2cscn2)CC1=O. The van der Waals surface area contributed by atoms with E-state index >= 15 is 0 Å². The van der Waals surface area contributed by atoms with Gasteiger partial charge in [-0.2, -0.15) is 0 Å². The second kappa shape index (κ2) is 4.61. The highest BCUT2D eigenvalue weighted by Crippen LogP contribution is 2.07. The molecular weight excluding hydrogens is 226 g/mol. The first-order valence-corrected chi connectivity index (χ1v) is 6.00. The van der Waals surface area contributed by atoms with Crippen molar-refractivity contribution >= 4 is 23.2 Å². The first kappa shape index (κ1) is 11.1. The standard InChI is InChI=1S/C10H13N3O2S/c1-12-2-3-13(5-10(12)15)9(14)4-8-6-16-7-11-8/h6-7H,2-5H2,1H3. The minimum atomic E-state index is -0.0210. The summed E-state index contributed by atoms with van der Waals surface area (Å²) in [6, 6.07) is 0. The highest BCUT2D eigenvalue weighted by molar-refractivity contribution is 7.07. The van der Waals surface area contributed by atoms with Crippen LogP contribution >= 0.6 is 11.3 Å². The molecule has 16 heavy (non-hydrogen) atoms. The van der Waals surface area contributed by atoms with Gasteiger partial charge in [-0.1, -0.05) is 0 Å². The molecule has 0 atom stereocenters. The van der Waals surface area contributed by atoms with Crippen molar-refractivity contribution in [2.45, 2.75) is 6.42 Å². The summed E-state index contributed by atoms with van der Waals surface area (Å²) >= 11 is 1.47. The number of nitrogens with zero attached hydrogens (tertiary/aromatic N) is 3. The molecule has 0 radical (unpaired) electrons. The molecule has 1 aromatic rings. The van der Waals surface area contributed by atoms with E-state index in [0.717, 1.165) is 5.69 Å². The lowest BCUT2D eigenvalue weighted by Crippen LogP contribution is -2.51. The van der Waals surface area contributed by atoms with Crippen molar-refractivity contribution < 1.29 is 9.59 Å². The third-order valence-corrected chi connectivity index (χ3v) is 3.26. The number of carbonyl (C=O) groups is 2. The Labute approximate surface area is 97.7 Å². The fourth-order valence-corrected chi connectivity index (χ4v) is 2.12. The van der Waals surface area contributed by atoms with Gasteiger partial charge in [-0.05, 0) is 0 Å². The van der Waals surface area contributed by atoms with Crippen LogP contribution in [0.5, 0.6) is 0 Å². The molecule has 86 valence electrons. The lowest BCUT2D eigenvalue weighted by atomic mass is 10.2. The molecule has 0 saturated carbocycles. The number of aromatic nitrogens is 1. The van der Waals surface area contributed by atoms with Crippen molar-refractivity contribution in [2.24, 2.45) is 0 Å². The number of hydrogen-bond donors (Lipinski definition) is 0. The van der Waals surface area contributed by atoms with E-state index in [2.05, 4.69) is 4.98 Å². The molecule has 1 fully saturated rings. The topological polar surface area (TPSA) is 53.5 Å². The number of carbonyl (C=O) groups excluding carboxylic acids is 2. The number of piperazine rings is 1. The highest BCUT2D eigenvalue weighted by Gasteiger charge is 2.24. The number of hydrogen-bond acceptors (Lipinski definition) is 4. The van der Waals surface area contributed by atoms with Crippen LogP contribution in [0, 0.1) is 0 Å². The summed E-state index contributed by atoms with van der Waals surface area (Å²) in [5.74, 6) is -0.0229. The van der Waals surface area contributed by atoms with Crippen molar-refractivity contribution in [1.29, 1.82) is 0 Å². The van der Waals surface area contributed by atoms with E-state index in [1.165, 1.54) is 11.3 Å². The fourth-order valence-electron chi connectivity index (χ4n) is 1.56. The van der Waals surface area contributed by atoms with E-state index in [1.807, 2.05) is 5.38 Å². The molecule has 0 aliphatic carbocycles. The van der Waals surface area contributed by atoms with Crippen LogP contribution in [-0.2, 0) is 16.0 Å². The normalized spacial score (nSPS) is 16.7. The van der Waals surface area contributed by atoms with Gasteiger partial charge in [-0.3, -0.25) is 9.59 Å². The minimum Gasteiger partial charge on any atom is -0.342 e. The van der Waals surface area contributed by atoms with E-state index in [4.69, 9.17) is 0 Å². The Hall–Kier alpha value is -1.43. The van der Waals surface area contributed by atoms with Crippen LogP contribution < -0.4 is 0 Å². The van der Waals surface area contributed by atoms with Gasteiger partial charge in [0.2, 0.25) is 11.8 Å². The summed E-state index contributed by atoms with van der Waals surface area (Å²) in [6.45, 7) is 1.42. The van der Waals surface area contributed by atoms with Gasteiger partial charge in [0.25, 0.3) is 0 Å². The number of thiazole rings is 1. The van der Waals surface area contributed by atoms with Gasteiger partial charge in [-0.25, -0.2) is 4.98 Å². The molecule has 5 nitrogen and oxygen atoms in total. The molecule has 2 rings (SSSR count). The predicted octanol–water partition coefficient (Wildman–Crippen LogP) is -0.0138. The Bertz CT molecular complexity index is 391. The quantitative estimate of drug-likeness (QED) is 0.729. The summed E-state index contributed by atoms with van der Waals surface area (Å²) in [6.07, 6.45) is 0.292. The van der Waals surface area contributed by atoms with Crippen LogP contribution in [0.4, 0.5) is 0 Å². The van der Waals surface area contributed by atoms with Gasteiger partial charge >= 0.3 is 0 Å². The van der Waals surface area contributed by atoms with Crippen LogP contribution in [-0.4, -0.2) is 53.3 Å². The second-order valence-electron chi connectivity index (χ2n) is 3.79. The van der Waals surface area contributed by atoms with Crippen LogP contribution in [0.25, 0.3) is 0 Å². The third kappa shape index (κ3) is 2.38. The van der Waals surface area contributed by atoms with Gasteiger partial charge in [0.15, 0.2) is 0 Å². The third-order valence-electron chi connectivity index (χ3n) is 2.63. The van der Waals surface area contributed by atoms with E-state index in [-0.39, 0.29) is 18.4 Å². The zero-order valence-corrected chi connectivity index (χ0v) is 9.87. The van der Waals surface area contributed by atoms with Gasteiger partial charge in [0.1, 0.15) is 0 Å². The van der Waals surface area contributed by atoms with E-state index in [9.17, 15) is 9.59 Å². The van der Waals surface area contributed by atoms with E-state index in [0.29, 0.717) is 19.5 Å². The number of rotatable bonds is 2. The zero-order valence-electron chi connectivity index (χ0n) is 9.05. The van der Waals surface area contributed by atoms with Crippen LogP contribution in [0.3, 0.4) is 0 Å². The van der Waals surface area contributed by atoms with Crippen molar-refractivity contribution in [3.8, 4) is 0 Å². The van der Waals surface area contributed by atoms with E-state index < -0.39 is 0 Å². The molecule has 0 aromatic carbocycles. The monoisotopic (exact) mass is 239 g/mol. The molecule has 0 N–H and O–H groups in total. The van der Waals surface area contributed by atoms with Gasteiger partial charge in [0, 0.05) is 25.5 Å². The smallest absolute Gasteiger partial charge is 0.241 e. The maximum absolute atomic E-state index is 11.8. The second-order valence-corrected chi connectivity index (χ2v) is 4.51.